The molecule has 6 heteroatoms. The number of ether oxygens (including phenoxy) is 1. The summed E-state index contributed by atoms with van der Waals surface area (Å²) < 4.78 is 5.15. The third-order valence-corrected chi connectivity index (χ3v) is 4.63. The molecule has 2 amide bonds. The zero-order valence-electron chi connectivity index (χ0n) is 17.2. The maximum atomic E-state index is 12.5. The lowest BCUT2D eigenvalue weighted by atomic mass is 10.0. The molecule has 1 atom stereocenters. The molecule has 0 aromatic heterocycles. The third kappa shape index (κ3) is 6.09. The van der Waals surface area contributed by atoms with Gasteiger partial charge in [-0.05, 0) is 49.7 Å². The SMILES string of the molecule is COc1cccc(NC(=O)CN(C)[C@H](C)C(=O)Nc2ccc(C(C)C)cc2)c1. The molecule has 0 aliphatic rings. The molecule has 0 radical (unpaired) electrons. The van der Waals surface area contributed by atoms with Gasteiger partial charge >= 0.3 is 0 Å². The number of likely N-dealkylation sites (N-methyl/N-ethyl adjacent to an activating group) is 1. The van der Waals surface area contributed by atoms with Crippen LogP contribution in [0, 0.1) is 0 Å². The predicted octanol–water partition coefficient (Wildman–Crippen LogP) is 3.72. The number of methoxy groups -OCH3 is 1. The van der Waals surface area contributed by atoms with Crippen LogP contribution in [0.15, 0.2) is 48.5 Å². The molecule has 6 nitrogen and oxygen atoms in total. The molecule has 2 aromatic carbocycles. The van der Waals surface area contributed by atoms with Crippen molar-refractivity contribution in [3.05, 3.63) is 54.1 Å². The van der Waals surface area contributed by atoms with Gasteiger partial charge < -0.3 is 15.4 Å². The second-order valence-corrected chi connectivity index (χ2v) is 7.14. The molecule has 150 valence electrons. The van der Waals surface area contributed by atoms with Crippen LogP contribution in [-0.4, -0.2) is 43.5 Å². The summed E-state index contributed by atoms with van der Waals surface area (Å²) in [6.45, 7) is 6.12. The fourth-order valence-corrected chi connectivity index (χ4v) is 2.66. The van der Waals surface area contributed by atoms with Crippen molar-refractivity contribution in [3.63, 3.8) is 0 Å². The van der Waals surface area contributed by atoms with E-state index in [0.717, 1.165) is 5.69 Å². The Morgan fingerprint density at radius 3 is 2.29 bits per heavy atom. The van der Waals surface area contributed by atoms with Gasteiger partial charge in [-0.2, -0.15) is 0 Å². The van der Waals surface area contributed by atoms with Gasteiger partial charge in [-0.25, -0.2) is 0 Å². The van der Waals surface area contributed by atoms with Gasteiger partial charge in [0.15, 0.2) is 0 Å². The second kappa shape index (κ2) is 9.90. The molecule has 0 saturated carbocycles. The fourth-order valence-electron chi connectivity index (χ4n) is 2.66. The maximum Gasteiger partial charge on any atom is 0.241 e. The smallest absolute Gasteiger partial charge is 0.241 e. The van der Waals surface area contributed by atoms with Crippen LogP contribution in [-0.2, 0) is 9.59 Å². The standard InChI is InChI=1S/C22H29N3O3/c1-15(2)17-9-11-18(12-10-17)24-22(27)16(3)25(4)14-21(26)23-19-7-6-8-20(13-19)28-5/h6-13,15-16H,14H2,1-5H3,(H,23,26)(H,24,27)/t16-/m1/s1. The first-order chi connectivity index (χ1) is 13.3. The first-order valence-corrected chi connectivity index (χ1v) is 9.35. The number of anilines is 2. The van der Waals surface area contributed by atoms with Crippen molar-refractivity contribution in [2.24, 2.45) is 0 Å². The van der Waals surface area contributed by atoms with Crippen LogP contribution in [0.4, 0.5) is 11.4 Å². The molecule has 0 bridgehead atoms. The average molecular weight is 383 g/mol. The number of carbonyl (C=O) groups excluding carboxylic acids is 2. The minimum atomic E-state index is -0.458. The number of amides is 2. The molecule has 2 rings (SSSR count). The molecule has 0 unspecified atom stereocenters. The zero-order valence-corrected chi connectivity index (χ0v) is 17.2. The fraction of sp³-hybridized carbons (Fsp3) is 0.364. The second-order valence-electron chi connectivity index (χ2n) is 7.14. The number of nitrogens with one attached hydrogen (secondary N) is 2. The highest BCUT2D eigenvalue weighted by Crippen LogP contribution is 2.18. The van der Waals surface area contributed by atoms with E-state index in [4.69, 9.17) is 4.74 Å². The van der Waals surface area contributed by atoms with Crippen LogP contribution in [0.1, 0.15) is 32.3 Å². The lowest BCUT2D eigenvalue weighted by molar-refractivity contribution is -0.122. The summed E-state index contributed by atoms with van der Waals surface area (Å²) in [7, 11) is 3.32. The first kappa shape index (κ1) is 21.4. The number of hydrogen-bond acceptors (Lipinski definition) is 4. The van der Waals surface area contributed by atoms with Crippen molar-refractivity contribution < 1.29 is 14.3 Å². The van der Waals surface area contributed by atoms with E-state index < -0.39 is 6.04 Å². The highest BCUT2D eigenvalue weighted by Gasteiger charge is 2.20. The Balaban J connectivity index is 1.88. The Morgan fingerprint density at radius 1 is 1.00 bits per heavy atom. The minimum absolute atomic E-state index is 0.0953. The largest absolute Gasteiger partial charge is 0.497 e. The Kier molecular flexibility index (Phi) is 7.58. The summed E-state index contributed by atoms with van der Waals surface area (Å²) in [6, 6.07) is 14.5. The van der Waals surface area contributed by atoms with E-state index in [-0.39, 0.29) is 18.4 Å². The monoisotopic (exact) mass is 383 g/mol. The van der Waals surface area contributed by atoms with E-state index >= 15 is 0 Å². The van der Waals surface area contributed by atoms with Crippen molar-refractivity contribution >= 4 is 23.2 Å². The number of rotatable bonds is 8. The van der Waals surface area contributed by atoms with Crippen LogP contribution in [0.3, 0.4) is 0 Å². The van der Waals surface area contributed by atoms with Crippen molar-refractivity contribution in [1.82, 2.24) is 4.90 Å². The number of benzene rings is 2. The highest BCUT2D eigenvalue weighted by atomic mass is 16.5. The number of carbonyl (C=O) groups is 2. The molecule has 2 aromatic rings. The van der Waals surface area contributed by atoms with Crippen molar-refractivity contribution in [3.8, 4) is 5.75 Å². The lowest BCUT2D eigenvalue weighted by Crippen LogP contribution is -2.43. The molecular weight excluding hydrogens is 354 g/mol. The molecule has 0 aliphatic heterocycles. The minimum Gasteiger partial charge on any atom is -0.497 e. The van der Waals surface area contributed by atoms with Gasteiger partial charge in [0.25, 0.3) is 0 Å². The van der Waals surface area contributed by atoms with Crippen LogP contribution in [0.25, 0.3) is 0 Å². The summed E-state index contributed by atoms with van der Waals surface area (Å²) in [5.41, 5.74) is 2.62. The molecule has 0 heterocycles. The average Bonchev–Trinajstić information content (AvgIpc) is 2.67. The third-order valence-electron chi connectivity index (χ3n) is 4.63. The van der Waals surface area contributed by atoms with Gasteiger partial charge in [0, 0.05) is 17.4 Å². The van der Waals surface area contributed by atoms with E-state index in [2.05, 4.69) is 24.5 Å². The molecule has 0 fully saturated rings. The van der Waals surface area contributed by atoms with Gasteiger partial charge in [-0.3, -0.25) is 14.5 Å². The van der Waals surface area contributed by atoms with Gasteiger partial charge in [-0.1, -0.05) is 32.0 Å². The lowest BCUT2D eigenvalue weighted by Gasteiger charge is -2.23. The Labute approximate surface area is 166 Å². The van der Waals surface area contributed by atoms with Gasteiger partial charge in [0.05, 0.1) is 19.7 Å². The normalized spacial score (nSPS) is 12.0. The zero-order chi connectivity index (χ0) is 20.7. The summed E-state index contributed by atoms with van der Waals surface area (Å²) in [5.74, 6) is 0.756. The van der Waals surface area contributed by atoms with E-state index in [9.17, 15) is 9.59 Å². The van der Waals surface area contributed by atoms with Crippen molar-refractivity contribution in [2.45, 2.75) is 32.7 Å². The maximum absolute atomic E-state index is 12.5. The van der Waals surface area contributed by atoms with E-state index in [0.29, 0.717) is 17.4 Å². The molecule has 28 heavy (non-hydrogen) atoms. The topological polar surface area (TPSA) is 70.7 Å². The van der Waals surface area contributed by atoms with Crippen LogP contribution >= 0.6 is 0 Å². The first-order valence-electron chi connectivity index (χ1n) is 9.35. The molecule has 0 saturated heterocycles. The van der Waals surface area contributed by atoms with Gasteiger partial charge in [0.2, 0.25) is 11.8 Å². The summed E-state index contributed by atoms with van der Waals surface area (Å²) in [6.07, 6.45) is 0. The molecule has 0 aliphatic carbocycles. The van der Waals surface area contributed by atoms with Crippen LogP contribution in [0.2, 0.25) is 0 Å². The summed E-state index contributed by atoms with van der Waals surface area (Å²) >= 11 is 0. The summed E-state index contributed by atoms with van der Waals surface area (Å²) in [5, 5.41) is 5.71. The van der Waals surface area contributed by atoms with E-state index in [1.165, 1.54) is 5.56 Å². The number of hydrogen-bond donors (Lipinski definition) is 2. The molecule has 0 spiro atoms. The van der Waals surface area contributed by atoms with Crippen molar-refractivity contribution in [2.75, 3.05) is 31.3 Å². The van der Waals surface area contributed by atoms with Crippen LogP contribution in [0.5, 0.6) is 5.75 Å². The van der Waals surface area contributed by atoms with Gasteiger partial charge in [0.1, 0.15) is 5.75 Å². The Morgan fingerprint density at radius 2 is 1.68 bits per heavy atom. The van der Waals surface area contributed by atoms with Crippen LogP contribution < -0.4 is 15.4 Å². The summed E-state index contributed by atoms with van der Waals surface area (Å²) in [4.78, 5) is 26.5. The van der Waals surface area contributed by atoms with Gasteiger partial charge in [-0.15, -0.1) is 0 Å². The van der Waals surface area contributed by atoms with Crippen molar-refractivity contribution in [1.29, 1.82) is 0 Å². The molecule has 2 N–H and O–H groups in total. The van der Waals surface area contributed by atoms with E-state index in [1.54, 1.807) is 44.2 Å². The quantitative estimate of drug-likeness (QED) is 0.729. The highest BCUT2D eigenvalue weighted by molar-refractivity contribution is 5.96. The Bertz CT molecular complexity index is 803. The Hall–Kier alpha value is -2.86. The molecular formula is C22H29N3O3. The van der Waals surface area contributed by atoms with E-state index in [1.807, 2.05) is 30.3 Å². The predicted molar refractivity (Wildman–Crippen MR) is 113 cm³/mol. The number of nitrogens with zero attached hydrogens (tertiary/aromatic N) is 1.